The Labute approximate surface area is 209 Å². The maximum Gasteiger partial charge on any atom is 0.269 e. The van der Waals surface area contributed by atoms with Crippen LogP contribution in [0.25, 0.3) is 11.4 Å². The SMILES string of the molecule is O=C(CSc1nnc(-c2ccc([N+](=O)[O-])cc2)n1Cc1ccccc1)Nc1c(Cl)cccc1Cl. The van der Waals surface area contributed by atoms with Gasteiger partial charge in [-0.25, -0.2) is 0 Å². The van der Waals surface area contributed by atoms with E-state index in [1.807, 2.05) is 34.9 Å². The summed E-state index contributed by atoms with van der Waals surface area (Å²) in [5, 5.41) is 23.5. The van der Waals surface area contributed by atoms with Crippen molar-refractivity contribution >= 4 is 52.2 Å². The predicted octanol–water partition coefficient (Wildman–Crippen LogP) is 5.94. The predicted molar refractivity (Wildman–Crippen MR) is 133 cm³/mol. The Hall–Kier alpha value is -3.40. The number of carbonyl (C=O) groups is 1. The van der Waals surface area contributed by atoms with Crippen LogP contribution in [0.5, 0.6) is 0 Å². The second kappa shape index (κ2) is 10.7. The van der Waals surface area contributed by atoms with E-state index in [2.05, 4.69) is 15.5 Å². The molecule has 4 rings (SSSR count). The van der Waals surface area contributed by atoms with Crippen molar-refractivity contribution in [2.24, 2.45) is 0 Å². The zero-order valence-electron chi connectivity index (χ0n) is 17.5. The van der Waals surface area contributed by atoms with Crippen molar-refractivity contribution in [1.82, 2.24) is 14.8 Å². The van der Waals surface area contributed by atoms with Gasteiger partial charge in [0.25, 0.3) is 5.69 Å². The fourth-order valence-corrected chi connectivity index (χ4v) is 4.40. The molecule has 0 spiro atoms. The number of benzene rings is 3. The van der Waals surface area contributed by atoms with Crippen molar-refractivity contribution in [3.05, 3.63) is 98.5 Å². The van der Waals surface area contributed by atoms with Gasteiger partial charge in [0.15, 0.2) is 11.0 Å². The number of nitrogens with one attached hydrogen (secondary N) is 1. The number of thioether (sulfide) groups is 1. The van der Waals surface area contributed by atoms with Crippen molar-refractivity contribution in [2.75, 3.05) is 11.1 Å². The molecule has 0 saturated heterocycles. The summed E-state index contributed by atoms with van der Waals surface area (Å²) in [7, 11) is 0. The van der Waals surface area contributed by atoms with Gasteiger partial charge in [0.1, 0.15) is 0 Å². The summed E-state index contributed by atoms with van der Waals surface area (Å²) in [4.78, 5) is 23.1. The number of nitro groups is 1. The lowest BCUT2D eigenvalue weighted by Gasteiger charge is -2.11. The maximum atomic E-state index is 12.6. The van der Waals surface area contributed by atoms with Crippen molar-refractivity contribution in [3.63, 3.8) is 0 Å². The van der Waals surface area contributed by atoms with Gasteiger partial charge in [0.05, 0.1) is 33.0 Å². The van der Waals surface area contributed by atoms with Crippen LogP contribution in [0.4, 0.5) is 11.4 Å². The van der Waals surface area contributed by atoms with Gasteiger partial charge in [-0.1, -0.05) is 71.4 Å². The molecule has 0 unspecified atom stereocenters. The van der Waals surface area contributed by atoms with Crippen LogP contribution in [-0.2, 0) is 11.3 Å². The van der Waals surface area contributed by atoms with E-state index < -0.39 is 4.92 Å². The van der Waals surface area contributed by atoms with Gasteiger partial charge in [-0.15, -0.1) is 10.2 Å². The third kappa shape index (κ3) is 5.56. The molecule has 3 aromatic carbocycles. The topological polar surface area (TPSA) is 103 Å². The third-order valence-corrected chi connectivity index (χ3v) is 6.39. The van der Waals surface area contributed by atoms with Crippen LogP contribution < -0.4 is 5.32 Å². The molecule has 11 heteroatoms. The van der Waals surface area contributed by atoms with Crippen molar-refractivity contribution in [1.29, 1.82) is 0 Å². The summed E-state index contributed by atoms with van der Waals surface area (Å²) in [5.41, 5.74) is 2.03. The van der Waals surface area contributed by atoms with Gasteiger partial charge >= 0.3 is 0 Å². The van der Waals surface area contributed by atoms with Gasteiger partial charge in [-0.3, -0.25) is 19.5 Å². The molecule has 1 amide bonds. The zero-order valence-corrected chi connectivity index (χ0v) is 19.8. The zero-order chi connectivity index (χ0) is 24.1. The van der Waals surface area contributed by atoms with Crippen LogP contribution in [0.1, 0.15) is 5.56 Å². The van der Waals surface area contributed by atoms with E-state index in [0.717, 1.165) is 5.56 Å². The van der Waals surface area contributed by atoms with Crippen molar-refractivity contribution < 1.29 is 9.72 Å². The first kappa shape index (κ1) is 23.7. The molecule has 0 atom stereocenters. The lowest BCUT2D eigenvalue weighted by Crippen LogP contribution is -2.15. The van der Waals surface area contributed by atoms with Gasteiger partial charge in [0, 0.05) is 17.7 Å². The Morgan fingerprint density at radius 1 is 0.971 bits per heavy atom. The largest absolute Gasteiger partial charge is 0.323 e. The van der Waals surface area contributed by atoms with Crippen LogP contribution in [0.15, 0.2) is 78.0 Å². The summed E-state index contributed by atoms with van der Waals surface area (Å²) in [6.45, 7) is 0.459. The number of nitro benzene ring substituents is 1. The molecule has 0 aliphatic heterocycles. The molecule has 34 heavy (non-hydrogen) atoms. The lowest BCUT2D eigenvalue weighted by atomic mass is 10.2. The Bertz CT molecular complexity index is 1310. The Morgan fingerprint density at radius 2 is 1.65 bits per heavy atom. The molecule has 1 heterocycles. The highest BCUT2D eigenvalue weighted by atomic mass is 35.5. The monoisotopic (exact) mass is 513 g/mol. The van der Waals surface area contributed by atoms with E-state index in [9.17, 15) is 14.9 Å². The second-order valence-electron chi connectivity index (χ2n) is 7.12. The molecule has 0 aliphatic rings. The maximum absolute atomic E-state index is 12.6. The van der Waals surface area contributed by atoms with Crippen LogP contribution in [0, 0.1) is 10.1 Å². The van der Waals surface area contributed by atoms with E-state index in [1.54, 1.807) is 30.3 Å². The minimum absolute atomic E-state index is 0.0117. The van der Waals surface area contributed by atoms with E-state index in [4.69, 9.17) is 23.2 Å². The number of hydrogen-bond acceptors (Lipinski definition) is 6. The average molecular weight is 514 g/mol. The second-order valence-corrected chi connectivity index (χ2v) is 8.87. The number of rotatable bonds is 8. The number of hydrogen-bond donors (Lipinski definition) is 1. The normalized spacial score (nSPS) is 10.8. The van der Waals surface area contributed by atoms with Crippen molar-refractivity contribution in [2.45, 2.75) is 11.7 Å². The molecule has 1 N–H and O–H groups in total. The number of halogens is 2. The molecule has 0 saturated carbocycles. The minimum atomic E-state index is -0.455. The molecule has 172 valence electrons. The summed E-state index contributed by atoms with van der Waals surface area (Å²) in [6, 6.07) is 20.8. The van der Waals surface area contributed by atoms with Crippen LogP contribution >= 0.6 is 35.0 Å². The fraction of sp³-hybridized carbons (Fsp3) is 0.0870. The lowest BCUT2D eigenvalue weighted by molar-refractivity contribution is -0.384. The Kier molecular flexibility index (Phi) is 7.46. The summed E-state index contributed by atoms with van der Waals surface area (Å²) >= 11 is 13.5. The summed E-state index contributed by atoms with van der Waals surface area (Å²) < 4.78 is 1.87. The highest BCUT2D eigenvalue weighted by Gasteiger charge is 2.18. The quantitative estimate of drug-likeness (QED) is 0.177. The van der Waals surface area contributed by atoms with Crippen LogP contribution in [0.2, 0.25) is 10.0 Å². The number of amides is 1. The standard InChI is InChI=1S/C23H17Cl2N5O3S/c24-18-7-4-8-19(25)21(18)26-20(31)14-34-23-28-27-22(16-9-11-17(12-10-16)30(32)33)29(23)13-15-5-2-1-3-6-15/h1-12H,13-14H2,(H,26,31). The number of carbonyl (C=O) groups excluding carboxylic acids is 1. The number of para-hydroxylation sites is 1. The van der Waals surface area contributed by atoms with Crippen molar-refractivity contribution in [3.8, 4) is 11.4 Å². The molecule has 4 aromatic rings. The van der Waals surface area contributed by atoms with Crippen LogP contribution in [-0.4, -0.2) is 31.3 Å². The van der Waals surface area contributed by atoms with E-state index in [0.29, 0.717) is 38.8 Å². The highest BCUT2D eigenvalue weighted by molar-refractivity contribution is 7.99. The average Bonchev–Trinajstić information content (AvgIpc) is 3.23. The van der Waals surface area contributed by atoms with Gasteiger partial charge in [-0.05, 0) is 29.8 Å². The molecular formula is C23H17Cl2N5O3S. The molecule has 0 bridgehead atoms. The molecule has 8 nitrogen and oxygen atoms in total. The number of aromatic nitrogens is 3. The van der Waals surface area contributed by atoms with Crippen LogP contribution in [0.3, 0.4) is 0 Å². The summed E-state index contributed by atoms with van der Waals surface area (Å²) in [5.74, 6) is 0.288. The molecule has 0 aliphatic carbocycles. The number of non-ortho nitro benzene ring substituents is 1. The van der Waals surface area contributed by atoms with E-state index in [1.165, 1.54) is 23.9 Å². The first-order valence-corrected chi connectivity index (χ1v) is 11.7. The fourth-order valence-electron chi connectivity index (χ4n) is 3.17. The van der Waals surface area contributed by atoms with Gasteiger partial charge < -0.3 is 5.32 Å². The molecule has 0 fully saturated rings. The molecular weight excluding hydrogens is 497 g/mol. The Balaban J connectivity index is 1.58. The first-order valence-electron chi connectivity index (χ1n) is 10.0. The van der Waals surface area contributed by atoms with Gasteiger partial charge in [0.2, 0.25) is 5.91 Å². The van der Waals surface area contributed by atoms with E-state index >= 15 is 0 Å². The third-order valence-electron chi connectivity index (χ3n) is 4.80. The number of nitrogens with zero attached hydrogens (tertiary/aromatic N) is 4. The first-order chi connectivity index (χ1) is 16.4. The Morgan fingerprint density at radius 3 is 2.29 bits per heavy atom. The summed E-state index contributed by atoms with van der Waals surface area (Å²) in [6.07, 6.45) is 0. The molecule has 0 radical (unpaired) electrons. The minimum Gasteiger partial charge on any atom is -0.323 e. The smallest absolute Gasteiger partial charge is 0.269 e. The molecule has 1 aromatic heterocycles. The van der Waals surface area contributed by atoms with Gasteiger partial charge in [-0.2, -0.15) is 0 Å². The van der Waals surface area contributed by atoms with E-state index in [-0.39, 0.29) is 17.3 Å². The highest BCUT2D eigenvalue weighted by Crippen LogP contribution is 2.31. The number of anilines is 1.